The van der Waals surface area contributed by atoms with Crippen LogP contribution in [0, 0.1) is 0 Å². The number of anilines is 1. The zero-order valence-electron chi connectivity index (χ0n) is 9.71. The molecule has 0 unspecified atom stereocenters. The quantitative estimate of drug-likeness (QED) is 0.878. The van der Waals surface area contributed by atoms with E-state index in [9.17, 15) is 17.1 Å². The van der Waals surface area contributed by atoms with Crippen LogP contribution in [0.3, 0.4) is 0 Å². The van der Waals surface area contributed by atoms with Crippen molar-refractivity contribution in [1.82, 2.24) is 0 Å². The molecule has 0 fully saturated rings. The van der Waals surface area contributed by atoms with E-state index in [0.29, 0.717) is 11.3 Å². The molecule has 0 aliphatic carbocycles. The van der Waals surface area contributed by atoms with Crippen LogP contribution in [-0.2, 0) is 10.2 Å². The number of carbonyl (C=O) groups is 1. The van der Waals surface area contributed by atoms with Crippen LogP contribution >= 0.6 is 0 Å². The van der Waals surface area contributed by atoms with Gasteiger partial charge in [-0.15, -0.1) is 3.89 Å². The molecule has 1 N–H and O–H groups in total. The minimum absolute atomic E-state index is 0.323. The summed E-state index contributed by atoms with van der Waals surface area (Å²) in [5, 5.41) is 2.58. The van der Waals surface area contributed by atoms with Gasteiger partial charge in [-0.3, -0.25) is 4.79 Å². The Morgan fingerprint density at radius 3 is 2.05 bits per heavy atom. The first-order valence-electron chi connectivity index (χ1n) is 5.38. The van der Waals surface area contributed by atoms with E-state index in [1.807, 2.05) is 0 Å². The number of hydrogen-bond acceptors (Lipinski definition) is 3. The van der Waals surface area contributed by atoms with Gasteiger partial charge in [0.25, 0.3) is 5.91 Å². The van der Waals surface area contributed by atoms with Gasteiger partial charge in [0, 0.05) is 11.3 Å². The molecule has 0 heterocycles. The maximum absolute atomic E-state index is 12.7. The van der Waals surface area contributed by atoms with E-state index in [-0.39, 0.29) is 5.91 Å². The minimum atomic E-state index is -4.71. The van der Waals surface area contributed by atoms with Crippen LogP contribution in [-0.4, -0.2) is 14.3 Å². The fraction of sp³-hybridized carbons (Fsp3) is 0. The highest BCUT2D eigenvalue weighted by Gasteiger charge is 2.11. The lowest BCUT2D eigenvalue weighted by Crippen LogP contribution is -2.11. The van der Waals surface area contributed by atoms with Gasteiger partial charge in [0.1, 0.15) is 0 Å². The number of rotatable bonds is 3. The van der Waals surface area contributed by atoms with Crippen LogP contribution in [0.5, 0.6) is 0 Å². The molecule has 98 valence electrons. The Bertz CT molecular complexity index is 682. The van der Waals surface area contributed by atoms with E-state index in [1.165, 1.54) is 12.1 Å². The summed E-state index contributed by atoms with van der Waals surface area (Å²) in [5.41, 5.74) is 0.867. The molecular weight excluding hydrogens is 269 g/mol. The Kier molecular flexibility index (Phi) is 3.62. The molecule has 2 aromatic rings. The van der Waals surface area contributed by atoms with Gasteiger partial charge in [0.2, 0.25) is 0 Å². The molecule has 0 saturated heterocycles. The van der Waals surface area contributed by atoms with Crippen molar-refractivity contribution in [1.29, 1.82) is 0 Å². The standard InChI is InChI=1S/C13H10FNO3S/c14-19(17,18)12-8-6-11(7-9-12)15-13(16)10-4-2-1-3-5-10/h1-9H,(H,15,16). The van der Waals surface area contributed by atoms with E-state index in [1.54, 1.807) is 30.3 Å². The summed E-state index contributed by atoms with van der Waals surface area (Å²) in [5.74, 6) is -0.323. The maximum Gasteiger partial charge on any atom is 0.332 e. The summed E-state index contributed by atoms with van der Waals surface area (Å²) in [4.78, 5) is 11.4. The van der Waals surface area contributed by atoms with Gasteiger partial charge in [0.15, 0.2) is 0 Å². The van der Waals surface area contributed by atoms with Gasteiger partial charge in [-0.05, 0) is 36.4 Å². The molecule has 0 aromatic heterocycles. The smallest absolute Gasteiger partial charge is 0.322 e. The monoisotopic (exact) mass is 279 g/mol. The van der Waals surface area contributed by atoms with Crippen LogP contribution in [0.1, 0.15) is 10.4 Å². The second-order valence-corrected chi connectivity index (χ2v) is 5.13. The average molecular weight is 279 g/mol. The van der Waals surface area contributed by atoms with Gasteiger partial charge in [-0.1, -0.05) is 18.2 Å². The molecule has 4 nitrogen and oxygen atoms in total. The van der Waals surface area contributed by atoms with Crippen LogP contribution in [0.15, 0.2) is 59.5 Å². The molecule has 2 rings (SSSR count). The summed E-state index contributed by atoms with van der Waals surface area (Å²) >= 11 is 0. The van der Waals surface area contributed by atoms with Crippen LogP contribution in [0.25, 0.3) is 0 Å². The summed E-state index contributed by atoms with van der Waals surface area (Å²) in [6, 6.07) is 13.4. The average Bonchev–Trinajstić information content (AvgIpc) is 2.39. The molecule has 19 heavy (non-hydrogen) atoms. The fourth-order valence-electron chi connectivity index (χ4n) is 1.49. The van der Waals surface area contributed by atoms with Crippen LogP contribution < -0.4 is 5.32 Å². The van der Waals surface area contributed by atoms with Gasteiger partial charge in [0.05, 0.1) is 4.90 Å². The predicted octanol–water partition coefficient (Wildman–Crippen LogP) is 2.60. The van der Waals surface area contributed by atoms with E-state index in [4.69, 9.17) is 0 Å². The highest BCUT2D eigenvalue weighted by molar-refractivity contribution is 7.86. The first-order valence-corrected chi connectivity index (χ1v) is 6.76. The third kappa shape index (κ3) is 3.38. The number of amides is 1. The first kappa shape index (κ1) is 13.2. The molecule has 2 aromatic carbocycles. The van der Waals surface area contributed by atoms with Crippen molar-refractivity contribution in [2.45, 2.75) is 4.90 Å². The summed E-state index contributed by atoms with van der Waals surface area (Å²) in [6.07, 6.45) is 0. The summed E-state index contributed by atoms with van der Waals surface area (Å²) in [6.45, 7) is 0. The van der Waals surface area contributed by atoms with Gasteiger partial charge < -0.3 is 5.32 Å². The van der Waals surface area contributed by atoms with Crippen molar-refractivity contribution in [3.05, 3.63) is 60.2 Å². The fourth-order valence-corrected chi connectivity index (χ4v) is 1.95. The Morgan fingerprint density at radius 2 is 1.53 bits per heavy atom. The van der Waals surface area contributed by atoms with Crippen molar-refractivity contribution in [3.63, 3.8) is 0 Å². The zero-order valence-corrected chi connectivity index (χ0v) is 10.5. The summed E-state index contributed by atoms with van der Waals surface area (Å²) < 4.78 is 33.9. The van der Waals surface area contributed by atoms with Crippen LogP contribution in [0.2, 0.25) is 0 Å². The minimum Gasteiger partial charge on any atom is -0.322 e. The van der Waals surface area contributed by atoms with Crippen molar-refractivity contribution in [2.75, 3.05) is 5.32 Å². The van der Waals surface area contributed by atoms with Crippen molar-refractivity contribution in [3.8, 4) is 0 Å². The predicted molar refractivity (Wildman–Crippen MR) is 69.1 cm³/mol. The number of nitrogens with one attached hydrogen (secondary N) is 1. The maximum atomic E-state index is 12.7. The van der Waals surface area contributed by atoms with Crippen LogP contribution in [0.4, 0.5) is 9.57 Å². The van der Waals surface area contributed by atoms with E-state index >= 15 is 0 Å². The second kappa shape index (κ2) is 5.19. The molecule has 1 amide bonds. The van der Waals surface area contributed by atoms with Gasteiger partial charge in [-0.2, -0.15) is 8.42 Å². The normalized spacial score (nSPS) is 11.0. The van der Waals surface area contributed by atoms with Crippen molar-refractivity contribution in [2.24, 2.45) is 0 Å². The lowest BCUT2D eigenvalue weighted by molar-refractivity contribution is 0.102. The molecule has 6 heteroatoms. The largest absolute Gasteiger partial charge is 0.332 e. The zero-order chi connectivity index (χ0) is 13.9. The molecular formula is C13H10FNO3S. The number of carbonyl (C=O) groups excluding carboxylic acids is 1. The molecule has 0 bridgehead atoms. The topological polar surface area (TPSA) is 63.2 Å². The molecule has 0 radical (unpaired) electrons. The third-order valence-corrected chi connectivity index (χ3v) is 3.26. The second-order valence-electron chi connectivity index (χ2n) is 3.78. The molecule has 0 atom stereocenters. The lowest BCUT2D eigenvalue weighted by Gasteiger charge is -2.05. The van der Waals surface area contributed by atoms with Crippen molar-refractivity contribution < 1.29 is 17.1 Å². The van der Waals surface area contributed by atoms with E-state index in [2.05, 4.69) is 5.32 Å². The van der Waals surface area contributed by atoms with E-state index < -0.39 is 15.1 Å². The first-order chi connectivity index (χ1) is 8.97. The van der Waals surface area contributed by atoms with Crippen molar-refractivity contribution >= 4 is 21.8 Å². The third-order valence-electron chi connectivity index (χ3n) is 2.43. The number of hydrogen-bond donors (Lipinski definition) is 1. The Balaban J connectivity index is 2.15. The molecule has 0 spiro atoms. The Morgan fingerprint density at radius 1 is 0.947 bits per heavy atom. The molecule has 0 aliphatic heterocycles. The van der Waals surface area contributed by atoms with E-state index in [0.717, 1.165) is 12.1 Å². The van der Waals surface area contributed by atoms with Gasteiger partial charge in [-0.25, -0.2) is 0 Å². The molecule has 0 aliphatic rings. The SMILES string of the molecule is O=C(Nc1ccc(S(=O)(=O)F)cc1)c1ccccc1. The summed E-state index contributed by atoms with van der Waals surface area (Å²) in [7, 11) is -4.71. The number of halogens is 1. The number of benzene rings is 2. The Labute approximate surface area is 110 Å². The highest BCUT2D eigenvalue weighted by atomic mass is 32.3. The lowest BCUT2D eigenvalue weighted by atomic mass is 10.2. The Hall–Kier alpha value is -2.21. The van der Waals surface area contributed by atoms with Gasteiger partial charge >= 0.3 is 10.2 Å². The highest BCUT2D eigenvalue weighted by Crippen LogP contribution is 2.16. The molecule has 0 saturated carbocycles.